The van der Waals surface area contributed by atoms with Crippen LogP contribution in [0.3, 0.4) is 0 Å². The molecule has 21 heavy (non-hydrogen) atoms. The summed E-state index contributed by atoms with van der Waals surface area (Å²) in [6, 6.07) is 4.23. The summed E-state index contributed by atoms with van der Waals surface area (Å²) >= 11 is 0. The molecule has 2 aliphatic rings. The van der Waals surface area contributed by atoms with Gasteiger partial charge in [0.1, 0.15) is 0 Å². The van der Waals surface area contributed by atoms with E-state index in [-0.39, 0.29) is 0 Å². The second-order valence-corrected chi connectivity index (χ2v) is 6.29. The van der Waals surface area contributed by atoms with Gasteiger partial charge < -0.3 is 9.80 Å². The fraction of sp³-hybridized carbons (Fsp3) is 0.706. The van der Waals surface area contributed by atoms with Gasteiger partial charge in [-0.2, -0.15) is 0 Å². The van der Waals surface area contributed by atoms with Crippen LogP contribution < -0.4 is 4.90 Å². The quantitative estimate of drug-likeness (QED) is 0.827. The van der Waals surface area contributed by atoms with Gasteiger partial charge in [0.05, 0.1) is 0 Å². The monoisotopic (exact) mass is 288 g/mol. The van der Waals surface area contributed by atoms with E-state index in [1.54, 1.807) is 0 Å². The first-order valence-corrected chi connectivity index (χ1v) is 8.51. The molecule has 2 saturated heterocycles. The summed E-state index contributed by atoms with van der Waals surface area (Å²) in [6.45, 7) is 9.91. The van der Waals surface area contributed by atoms with Gasteiger partial charge in [-0.25, -0.2) is 0 Å². The number of piperazine rings is 1. The Morgan fingerprint density at radius 3 is 2.05 bits per heavy atom. The summed E-state index contributed by atoms with van der Waals surface area (Å²) in [4.78, 5) is 11.8. The molecule has 1 aromatic rings. The Morgan fingerprint density at radius 2 is 1.38 bits per heavy atom. The minimum absolute atomic E-state index is 1.15. The van der Waals surface area contributed by atoms with Gasteiger partial charge in [0.15, 0.2) is 0 Å². The predicted octanol–water partition coefficient (Wildman–Crippen LogP) is 2.08. The Bertz CT molecular complexity index is 395. The molecule has 0 unspecified atom stereocenters. The van der Waals surface area contributed by atoms with E-state index in [0.29, 0.717) is 0 Å². The minimum Gasteiger partial charge on any atom is -0.369 e. The van der Waals surface area contributed by atoms with Crippen LogP contribution in [0.25, 0.3) is 0 Å². The molecule has 4 heteroatoms. The Hall–Kier alpha value is -1.13. The zero-order valence-electron chi connectivity index (χ0n) is 13.1. The van der Waals surface area contributed by atoms with Crippen LogP contribution in [0.4, 0.5) is 5.69 Å². The Balaban J connectivity index is 1.34. The van der Waals surface area contributed by atoms with Gasteiger partial charge in [-0.15, -0.1) is 0 Å². The maximum absolute atomic E-state index is 4.10. The fourth-order valence-corrected chi connectivity index (χ4v) is 3.49. The van der Waals surface area contributed by atoms with Crippen LogP contribution in [0.1, 0.15) is 25.7 Å². The van der Waals surface area contributed by atoms with Gasteiger partial charge in [-0.3, -0.25) is 9.88 Å². The van der Waals surface area contributed by atoms with E-state index >= 15 is 0 Å². The van der Waals surface area contributed by atoms with E-state index in [9.17, 15) is 0 Å². The molecule has 0 saturated carbocycles. The first-order valence-electron chi connectivity index (χ1n) is 8.51. The number of anilines is 1. The van der Waals surface area contributed by atoms with Crippen LogP contribution in [0.5, 0.6) is 0 Å². The summed E-state index contributed by atoms with van der Waals surface area (Å²) in [5.41, 5.74) is 1.32. The Morgan fingerprint density at radius 1 is 0.762 bits per heavy atom. The molecule has 2 aliphatic heterocycles. The summed E-state index contributed by atoms with van der Waals surface area (Å²) in [5, 5.41) is 0. The maximum Gasteiger partial charge on any atom is 0.0397 e. The van der Waals surface area contributed by atoms with Crippen molar-refractivity contribution in [3.63, 3.8) is 0 Å². The lowest BCUT2D eigenvalue weighted by molar-refractivity contribution is 0.198. The highest BCUT2D eigenvalue weighted by atomic mass is 15.3. The van der Waals surface area contributed by atoms with E-state index in [1.807, 2.05) is 12.4 Å². The number of hydrogen-bond acceptors (Lipinski definition) is 4. The zero-order chi connectivity index (χ0) is 14.3. The van der Waals surface area contributed by atoms with Crippen molar-refractivity contribution in [2.45, 2.75) is 25.7 Å². The van der Waals surface area contributed by atoms with Crippen molar-refractivity contribution in [2.24, 2.45) is 0 Å². The first kappa shape index (κ1) is 14.8. The molecule has 0 spiro atoms. The highest BCUT2D eigenvalue weighted by molar-refractivity contribution is 5.44. The number of aromatic nitrogens is 1. The van der Waals surface area contributed by atoms with Crippen molar-refractivity contribution >= 4 is 5.69 Å². The average molecular weight is 288 g/mol. The van der Waals surface area contributed by atoms with Crippen LogP contribution in [0.15, 0.2) is 24.5 Å². The van der Waals surface area contributed by atoms with Crippen LogP contribution in [-0.4, -0.2) is 67.1 Å². The molecule has 3 rings (SSSR count). The molecule has 116 valence electrons. The standard InChI is InChI=1S/C17H28N4/c1-2-9-19(10-3-1)11-4-12-20-13-15-21(16-14-20)17-5-7-18-8-6-17/h5-8H,1-4,9-16H2. The third-order valence-electron chi connectivity index (χ3n) is 4.80. The van der Waals surface area contributed by atoms with Crippen LogP contribution in [0, 0.1) is 0 Å². The van der Waals surface area contributed by atoms with Crippen molar-refractivity contribution < 1.29 is 0 Å². The Kier molecular flexibility index (Phi) is 5.46. The van der Waals surface area contributed by atoms with Crippen LogP contribution >= 0.6 is 0 Å². The highest BCUT2D eigenvalue weighted by Gasteiger charge is 2.17. The van der Waals surface area contributed by atoms with E-state index in [2.05, 4.69) is 31.8 Å². The largest absolute Gasteiger partial charge is 0.369 e. The molecule has 0 aliphatic carbocycles. The number of hydrogen-bond donors (Lipinski definition) is 0. The predicted molar refractivity (Wildman–Crippen MR) is 87.8 cm³/mol. The van der Waals surface area contributed by atoms with Crippen LogP contribution in [-0.2, 0) is 0 Å². The van der Waals surface area contributed by atoms with Gasteiger partial charge in [0, 0.05) is 44.3 Å². The molecular weight excluding hydrogens is 260 g/mol. The smallest absolute Gasteiger partial charge is 0.0397 e. The molecule has 4 nitrogen and oxygen atoms in total. The maximum atomic E-state index is 4.10. The molecule has 1 aromatic heterocycles. The Labute approximate surface area is 128 Å². The molecule has 0 atom stereocenters. The van der Waals surface area contributed by atoms with Gasteiger partial charge >= 0.3 is 0 Å². The summed E-state index contributed by atoms with van der Waals surface area (Å²) in [5.74, 6) is 0. The van der Waals surface area contributed by atoms with Crippen molar-refractivity contribution in [3.05, 3.63) is 24.5 Å². The minimum atomic E-state index is 1.15. The van der Waals surface area contributed by atoms with E-state index < -0.39 is 0 Å². The lowest BCUT2D eigenvalue weighted by atomic mass is 10.1. The third kappa shape index (κ3) is 4.42. The molecule has 3 heterocycles. The van der Waals surface area contributed by atoms with Gasteiger partial charge in [-0.05, 0) is 57.6 Å². The normalized spacial score (nSPS) is 21.6. The zero-order valence-corrected chi connectivity index (χ0v) is 13.1. The number of pyridine rings is 1. The van der Waals surface area contributed by atoms with E-state index in [1.165, 1.54) is 70.6 Å². The lowest BCUT2D eigenvalue weighted by Gasteiger charge is -2.36. The number of rotatable bonds is 5. The van der Waals surface area contributed by atoms with Crippen molar-refractivity contribution in [1.82, 2.24) is 14.8 Å². The topological polar surface area (TPSA) is 22.6 Å². The number of likely N-dealkylation sites (tertiary alicyclic amines) is 1. The van der Waals surface area contributed by atoms with Crippen molar-refractivity contribution in [3.8, 4) is 0 Å². The van der Waals surface area contributed by atoms with E-state index in [0.717, 1.165) is 13.1 Å². The second kappa shape index (κ2) is 7.76. The van der Waals surface area contributed by atoms with Crippen LogP contribution in [0.2, 0.25) is 0 Å². The molecule has 0 N–H and O–H groups in total. The average Bonchev–Trinajstić information content (AvgIpc) is 2.57. The fourth-order valence-electron chi connectivity index (χ4n) is 3.49. The van der Waals surface area contributed by atoms with Gasteiger partial charge in [-0.1, -0.05) is 6.42 Å². The molecule has 0 aromatic carbocycles. The number of piperidine rings is 1. The first-order chi connectivity index (χ1) is 10.4. The number of nitrogens with zero attached hydrogens (tertiary/aromatic N) is 4. The SMILES string of the molecule is c1cc(N2CCN(CCCN3CCCCC3)CC2)ccn1. The summed E-state index contributed by atoms with van der Waals surface area (Å²) < 4.78 is 0. The molecule has 0 radical (unpaired) electrons. The second-order valence-electron chi connectivity index (χ2n) is 6.29. The highest BCUT2D eigenvalue weighted by Crippen LogP contribution is 2.15. The van der Waals surface area contributed by atoms with E-state index in [4.69, 9.17) is 0 Å². The summed E-state index contributed by atoms with van der Waals surface area (Å²) in [6.07, 6.45) is 9.36. The van der Waals surface area contributed by atoms with Gasteiger partial charge in [0.2, 0.25) is 0 Å². The molecule has 2 fully saturated rings. The van der Waals surface area contributed by atoms with Gasteiger partial charge in [0.25, 0.3) is 0 Å². The van der Waals surface area contributed by atoms with Crippen molar-refractivity contribution in [1.29, 1.82) is 0 Å². The summed E-state index contributed by atoms with van der Waals surface area (Å²) in [7, 11) is 0. The molecule has 0 amide bonds. The van der Waals surface area contributed by atoms with Crippen molar-refractivity contribution in [2.75, 3.05) is 57.3 Å². The third-order valence-corrected chi connectivity index (χ3v) is 4.80. The molecular formula is C17H28N4. The molecule has 0 bridgehead atoms. The lowest BCUT2D eigenvalue weighted by Crippen LogP contribution is -2.47.